The molecule has 0 aliphatic heterocycles. The summed E-state index contributed by atoms with van der Waals surface area (Å²) in [6.45, 7) is 17.4. The minimum absolute atomic E-state index is 0.986. The Morgan fingerprint density at radius 2 is 1.64 bits per heavy atom. The molecule has 0 radical (unpaired) electrons. The molecule has 0 atom stereocenters. The van der Waals surface area contributed by atoms with Crippen LogP contribution in [-0.2, 0) is 0 Å². The number of nitrogens with one attached hydrogen (secondary N) is 1. The van der Waals surface area contributed by atoms with Gasteiger partial charge in [0.05, 0.1) is 0 Å². The maximum atomic E-state index is 3.97. The molecule has 0 heterocycles. The largest absolute Gasteiger partial charge is 0.368 e. The van der Waals surface area contributed by atoms with E-state index >= 15 is 0 Å². The molecule has 0 aromatic heterocycles. The smallest absolute Gasteiger partial charge is 0.00395 e. The summed E-state index contributed by atoms with van der Waals surface area (Å²) in [5.74, 6) is 0. The molecule has 14 heavy (non-hydrogen) atoms. The van der Waals surface area contributed by atoms with Crippen LogP contribution in [0.25, 0.3) is 0 Å². The van der Waals surface area contributed by atoms with Crippen LogP contribution in [0.1, 0.15) is 20.8 Å². The van der Waals surface area contributed by atoms with Crippen molar-refractivity contribution in [3.8, 4) is 0 Å². The van der Waals surface area contributed by atoms with E-state index in [1.807, 2.05) is 33.0 Å². The van der Waals surface area contributed by atoms with E-state index in [0.29, 0.717) is 0 Å². The van der Waals surface area contributed by atoms with E-state index in [4.69, 9.17) is 0 Å². The van der Waals surface area contributed by atoms with Crippen molar-refractivity contribution in [2.75, 3.05) is 0 Å². The Hall–Kier alpha value is -1.50. The molecule has 0 unspecified atom stereocenters. The van der Waals surface area contributed by atoms with Crippen molar-refractivity contribution in [2.24, 2.45) is 0 Å². The molecule has 1 heteroatoms. The minimum Gasteiger partial charge on any atom is -0.368 e. The molecule has 0 aromatic rings. The molecule has 0 aliphatic carbocycles. The van der Waals surface area contributed by atoms with Crippen LogP contribution >= 0.6 is 0 Å². The van der Waals surface area contributed by atoms with Gasteiger partial charge in [0, 0.05) is 6.20 Å². The van der Waals surface area contributed by atoms with Crippen molar-refractivity contribution in [3.63, 3.8) is 0 Å². The summed E-state index contributed by atoms with van der Waals surface area (Å²) in [5.41, 5.74) is 4.29. The van der Waals surface area contributed by atoms with Crippen molar-refractivity contribution in [1.29, 1.82) is 0 Å². The molecule has 76 valence electrons. The molecular formula is C13H19N. The fraction of sp³-hybridized carbons (Fsp3) is 0.231. The summed E-state index contributed by atoms with van der Waals surface area (Å²) >= 11 is 0. The summed E-state index contributed by atoms with van der Waals surface area (Å²) in [6.07, 6.45) is 5.53. The number of rotatable bonds is 5. The molecule has 0 bridgehead atoms. The lowest BCUT2D eigenvalue weighted by molar-refractivity contribution is 1.16. The highest BCUT2D eigenvalue weighted by atomic mass is 14.8. The van der Waals surface area contributed by atoms with Crippen molar-refractivity contribution in [1.82, 2.24) is 5.32 Å². The number of allylic oxidation sites excluding steroid dienone is 5. The van der Waals surface area contributed by atoms with Gasteiger partial charge in [0.1, 0.15) is 0 Å². The van der Waals surface area contributed by atoms with Crippen LogP contribution < -0.4 is 5.32 Å². The first-order chi connectivity index (χ1) is 6.49. The Labute approximate surface area is 87.2 Å². The van der Waals surface area contributed by atoms with E-state index in [0.717, 1.165) is 22.3 Å². The molecule has 0 aromatic carbocycles. The highest BCUT2D eigenvalue weighted by Gasteiger charge is 1.94. The Balaban J connectivity index is 4.56. The topological polar surface area (TPSA) is 12.0 Å². The van der Waals surface area contributed by atoms with Gasteiger partial charge in [-0.25, -0.2) is 0 Å². The van der Waals surface area contributed by atoms with Crippen LogP contribution in [0.2, 0.25) is 0 Å². The lowest BCUT2D eigenvalue weighted by Gasteiger charge is -2.03. The third kappa shape index (κ3) is 4.51. The fourth-order valence-corrected chi connectivity index (χ4v) is 0.775. The predicted molar refractivity (Wildman–Crippen MR) is 64.8 cm³/mol. The Morgan fingerprint density at radius 1 is 1.07 bits per heavy atom. The average molecular weight is 189 g/mol. The molecule has 1 N–H and O–H groups in total. The average Bonchev–Trinajstić information content (AvgIpc) is 2.13. The van der Waals surface area contributed by atoms with Gasteiger partial charge < -0.3 is 5.32 Å². The van der Waals surface area contributed by atoms with Gasteiger partial charge in [0.15, 0.2) is 0 Å². The van der Waals surface area contributed by atoms with E-state index in [9.17, 15) is 0 Å². The summed E-state index contributed by atoms with van der Waals surface area (Å²) < 4.78 is 0. The zero-order chi connectivity index (χ0) is 11.1. The molecular weight excluding hydrogens is 170 g/mol. The van der Waals surface area contributed by atoms with Crippen LogP contribution in [-0.4, -0.2) is 0 Å². The third-order valence-electron chi connectivity index (χ3n) is 1.99. The van der Waals surface area contributed by atoms with E-state index in [2.05, 4.69) is 25.1 Å². The van der Waals surface area contributed by atoms with Gasteiger partial charge >= 0.3 is 0 Å². The molecule has 0 fully saturated rings. The molecule has 0 amide bonds. The van der Waals surface area contributed by atoms with Gasteiger partial charge in [-0.1, -0.05) is 31.4 Å². The van der Waals surface area contributed by atoms with Crippen LogP contribution in [0.5, 0.6) is 0 Å². The van der Waals surface area contributed by atoms with Crippen molar-refractivity contribution in [2.45, 2.75) is 20.8 Å². The lowest BCUT2D eigenvalue weighted by Crippen LogP contribution is -1.94. The van der Waals surface area contributed by atoms with Crippen molar-refractivity contribution < 1.29 is 0 Å². The Kier molecular flexibility index (Phi) is 5.38. The van der Waals surface area contributed by atoms with Crippen LogP contribution in [0.4, 0.5) is 0 Å². The van der Waals surface area contributed by atoms with Crippen molar-refractivity contribution >= 4 is 0 Å². The van der Waals surface area contributed by atoms with Crippen LogP contribution in [0.3, 0.4) is 0 Å². The quantitative estimate of drug-likeness (QED) is 0.650. The molecule has 0 saturated heterocycles. The molecule has 0 spiro atoms. The summed E-state index contributed by atoms with van der Waals surface area (Å²) in [6, 6.07) is 0. The Morgan fingerprint density at radius 3 is 2.07 bits per heavy atom. The van der Waals surface area contributed by atoms with E-state index in [1.165, 1.54) is 0 Å². The molecule has 0 saturated carbocycles. The van der Waals surface area contributed by atoms with Gasteiger partial charge in [-0.2, -0.15) is 0 Å². The molecule has 0 aliphatic rings. The highest BCUT2D eigenvalue weighted by molar-refractivity contribution is 5.41. The highest BCUT2D eigenvalue weighted by Crippen LogP contribution is 2.13. The summed E-state index contributed by atoms with van der Waals surface area (Å²) in [5, 5.41) is 2.92. The first-order valence-electron chi connectivity index (χ1n) is 4.56. The monoisotopic (exact) mass is 189 g/mol. The summed E-state index contributed by atoms with van der Waals surface area (Å²) in [7, 11) is 0. The fourth-order valence-electron chi connectivity index (χ4n) is 0.775. The summed E-state index contributed by atoms with van der Waals surface area (Å²) in [4.78, 5) is 0. The number of hydrogen-bond acceptors (Lipinski definition) is 1. The zero-order valence-electron chi connectivity index (χ0n) is 9.35. The molecule has 1 nitrogen and oxygen atoms in total. The second kappa shape index (κ2) is 6.03. The number of hydrogen-bond donors (Lipinski definition) is 1. The maximum Gasteiger partial charge on any atom is 0.00395 e. The van der Waals surface area contributed by atoms with Crippen LogP contribution in [0, 0.1) is 0 Å². The standard InChI is InChI=1S/C13H19N/c1-7-14-9-13(6)12(5)8-11(4)10(2)3/h7-9,14H,1-2,5H2,3-4,6H3/b11-8-,13-9+. The zero-order valence-corrected chi connectivity index (χ0v) is 9.35. The normalized spacial score (nSPS) is 12.2. The van der Waals surface area contributed by atoms with Crippen LogP contribution in [0.15, 0.2) is 60.5 Å². The van der Waals surface area contributed by atoms with E-state index < -0.39 is 0 Å². The second-order valence-corrected chi connectivity index (χ2v) is 3.33. The van der Waals surface area contributed by atoms with Gasteiger partial charge in [-0.05, 0) is 43.7 Å². The van der Waals surface area contributed by atoms with Crippen molar-refractivity contribution in [3.05, 3.63) is 60.5 Å². The molecule has 0 rings (SSSR count). The second-order valence-electron chi connectivity index (χ2n) is 3.33. The predicted octanol–water partition coefficient (Wildman–Crippen LogP) is 3.70. The van der Waals surface area contributed by atoms with Gasteiger partial charge in [-0.3, -0.25) is 0 Å². The first-order valence-corrected chi connectivity index (χ1v) is 4.56. The van der Waals surface area contributed by atoms with E-state index in [1.54, 1.807) is 6.20 Å². The minimum atomic E-state index is 0.986. The lowest BCUT2D eigenvalue weighted by atomic mass is 10.0. The SMILES string of the molecule is C=CN/C=C(\C)C(=C)/C=C(/C)C(=C)C. The third-order valence-corrected chi connectivity index (χ3v) is 1.99. The van der Waals surface area contributed by atoms with E-state index in [-0.39, 0.29) is 0 Å². The Bertz CT molecular complexity index is 303. The maximum absolute atomic E-state index is 3.97. The first kappa shape index (κ1) is 12.5. The van der Waals surface area contributed by atoms with Gasteiger partial charge in [0.2, 0.25) is 0 Å². The van der Waals surface area contributed by atoms with Gasteiger partial charge in [0.25, 0.3) is 0 Å². The van der Waals surface area contributed by atoms with Gasteiger partial charge in [-0.15, -0.1) is 0 Å².